The van der Waals surface area contributed by atoms with Gasteiger partial charge in [0.05, 0.1) is 17.3 Å². The van der Waals surface area contributed by atoms with Crippen molar-refractivity contribution in [3.05, 3.63) is 29.8 Å². The normalized spacial score (nSPS) is 18.4. The second-order valence-corrected chi connectivity index (χ2v) is 19.4. The number of imide groups is 2. The van der Waals surface area contributed by atoms with Crippen LogP contribution in [0.1, 0.15) is 114 Å². The molecule has 16 nitrogen and oxygen atoms in total. The molecule has 4 atom stereocenters. The van der Waals surface area contributed by atoms with Crippen LogP contribution in [0.15, 0.2) is 24.3 Å². The van der Waals surface area contributed by atoms with Crippen molar-refractivity contribution in [3.63, 3.8) is 0 Å². The van der Waals surface area contributed by atoms with Crippen molar-refractivity contribution in [2.45, 2.75) is 127 Å². The zero-order valence-electron chi connectivity index (χ0n) is 37.5. The Morgan fingerprint density at radius 1 is 0.717 bits per heavy atom. The van der Waals surface area contributed by atoms with E-state index >= 15 is 0 Å². The fraction of sp³-hybridized carbons (Fsp3) is 0.659. The fourth-order valence-corrected chi connectivity index (χ4v) is 6.82. The summed E-state index contributed by atoms with van der Waals surface area (Å²) in [5.74, 6) is -5.30. The van der Waals surface area contributed by atoms with Crippen molar-refractivity contribution in [2.75, 3.05) is 31.5 Å². The van der Waals surface area contributed by atoms with Crippen molar-refractivity contribution in [3.8, 4) is 0 Å². The standard InChI is InChI=1S/C44H66N6O10/c1-26(2)36(38(56)45-27(3)37(55)46-29-15-13-28(14-16-29)25-60-41(59)44(10,11)12)47-32(51)17-18-33(52)48(19-21-49-34(53)23-30(39(49)57)42(4,5)6)20-22-50-35(54)24-31(40(50)58)43(7,8)9/h13-16,26-27,30-31,36H,17-25H2,1-12H3,(H,45,56)(H,46,55)(H,47,51)/t27-,30?,31?,36-/m0/s1. The minimum atomic E-state index is -1.04. The molecule has 2 aliphatic heterocycles. The fourth-order valence-electron chi connectivity index (χ4n) is 6.82. The van der Waals surface area contributed by atoms with Gasteiger partial charge in [-0.1, -0.05) is 67.5 Å². The lowest BCUT2D eigenvalue weighted by Crippen LogP contribution is -2.53. The molecule has 1 aromatic carbocycles. The van der Waals surface area contributed by atoms with Gasteiger partial charge in [0.15, 0.2) is 0 Å². The highest BCUT2D eigenvalue weighted by atomic mass is 16.5. The largest absolute Gasteiger partial charge is 0.460 e. The number of rotatable bonds is 17. The molecule has 3 rings (SSSR count). The Morgan fingerprint density at radius 3 is 1.62 bits per heavy atom. The summed E-state index contributed by atoms with van der Waals surface area (Å²) >= 11 is 0. The molecule has 2 unspecified atom stereocenters. The molecule has 2 saturated heterocycles. The molecule has 0 bridgehead atoms. The zero-order chi connectivity index (χ0) is 45.5. The number of likely N-dealkylation sites (tertiary alicyclic amines) is 2. The van der Waals surface area contributed by atoms with E-state index in [0.29, 0.717) is 5.69 Å². The molecular weight excluding hydrogens is 773 g/mol. The van der Waals surface area contributed by atoms with E-state index in [1.807, 2.05) is 41.5 Å². The third-order valence-corrected chi connectivity index (χ3v) is 10.9. The van der Waals surface area contributed by atoms with Crippen molar-refractivity contribution >= 4 is 58.9 Å². The van der Waals surface area contributed by atoms with Crippen LogP contribution in [0.5, 0.6) is 0 Å². The van der Waals surface area contributed by atoms with Crippen molar-refractivity contribution in [2.24, 2.45) is 34.0 Å². The lowest BCUT2D eigenvalue weighted by atomic mass is 9.80. The molecule has 2 heterocycles. The summed E-state index contributed by atoms with van der Waals surface area (Å²) in [6.45, 7) is 21.3. The van der Waals surface area contributed by atoms with Gasteiger partial charge in [0.25, 0.3) is 0 Å². The van der Waals surface area contributed by atoms with Crippen LogP contribution in [0, 0.1) is 34.0 Å². The number of anilines is 1. The maximum atomic E-state index is 13.7. The highest BCUT2D eigenvalue weighted by Gasteiger charge is 2.46. The number of carbonyl (C=O) groups is 9. The van der Waals surface area contributed by atoms with E-state index in [1.165, 1.54) is 11.8 Å². The van der Waals surface area contributed by atoms with E-state index in [1.54, 1.807) is 58.9 Å². The Morgan fingerprint density at radius 2 is 1.20 bits per heavy atom. The molecule has 2 aliphatic rings. The number of esters is 1. The summed E-state index contributed by atoms with van der Waals surface area (Å²) in [6, 6.07) is 4.68. The van der Waals surface area contributed by atoms with E-state index in [2.05, 4.69) is 16.0 Å². The van der Waals surface area contributed by atoms with Gasteiger partial charge in [-0.2, -0.15) is 0 Å². The minimum absolute atomic E-state index is 0.0580. The smallest absolute Gasteiger partial charge is 0.311 e. The number of carbonyl (C=O) groups excluding carboxylic acids is 9. The summed E-state index contributed by atoms with van der Waals surface area (Å²) in [5.41, 5.74) is -0.339. The molecule has 0 saturated carbocycles. The number of hydrogen-bond donors (Lipinski definition) is 3. The maximum absolute atomic E-state index is 13.7. The van der Waals surface area contributed by atoms with E-state index < -0.39 is 69.7 Å². The van der Waals surface area contributed by atoms with Crippen LogP contribution in [-0.4, -0.2) is 106 Å². The number of benzene rings is 1. The third kappa shape index (κ3) is 13.4. The highest BCUT2D eigenvalue weighted by Crippen LogP contribution is 2.36. The van der Waals surface area contributed by atoms with Crippen LogP contribution < -0.4 is 16.0 Å². The quantitative estimate of drug-likeness (QED) is 0.153. The van der Waals surface area contributed by atoms with Crippen molar-refractivity contribution in [1.29, 1.82) is 0 Å². The van der Waals surface area contributed by atoms with Crippen LogP contribution in [0.25, 0.3) is 0 Å². The maximum Gasteiger partial charge on any atom is 0.311 e. The van der Waals surface area contributed by atoms with E-state index in [-0.39, 0.29) is 88.1 Å². The molecule has 332 valence electrons. The molecule has 16 heteroatoms. The molecule has 60 heavy (non-hydrogen) atoms. The van der Waals surface area contributed by atoms with Gasteiger partial charge in [0.1, 0.15) is 18.7 Å². The molecule has 0 radical (unpaired) electrons. The molecule has 0 aliphatic carbocycles. The predicted octanol–water partition coefficient (Wildman–Crippen LogP) is 3.81. The summed E-state index contributed by atoms with van der Waals surface area (Å²) in [4.78, 5) is 121. The van der Waals surface area contributed by atoms with Gasteiger partial charge in [-0.3, -0.25) is 53.0 Å². The van der Waals surface area contributed by atoms with Gasteiger partial charge < -0.3 is 25.6 Å². The van der Waals surface area contributed by atoms with Gasteiger partial charge in [-0.05, 0) is 62.1 Å². The van der Waals surface area contributed by atoms with Crippen LogP contribution in [0.2, 0.25) is 0 Å². The first kappa shape index (κ1) is 49.2. The number of nitrogens with zero attached hydrogens (tertiary/aromatic N) is 3. The Kier molecular flexibility index (Phi) is 16.4. The lowest BCUT2D eigenvalue weighted by Gasteiger charge is -2.29. The molecule has 0 spiro atoms. The number of amides is 8. The number of ether oxygens (including phenoxy) is 1. The molecule has 8 amide bonds. The average molecular weight is 839 g/mol. The molecule has 1 aromatic rings. The van der Waals surface area contributed by atoms with Crippen LogP contribution in [-0.2, 0) is 54.5 Å². The second-order valence-electron chi connectivity index (χ2n) is 19.4. The predicted molar refractivity (Wildman–Crippen MR) is 223 cm³/mol. The Labute approximate surface area is 354 Å². The van der Waals surface area contributed by atoms with Gasteiger partial charge in [0.2, 0.25) is 47.3 Å². The minimum Gasteiger partial charge on any atom is -0.460 e. The molecule has 3 N–H and O–H groups in total. The number of nitrogens with one attached hydrogen (secondary N) is 3. The lowest BCUT2D eigenvalue weighted by molar-refractivity contribution is -0.154. The highest BCUT2D eigenvalue weighted by molar-refractivity contribution is 6.04. The van der Waals surface area contributed by atoms with Crippen molar-refractivity contribution in [1.82, 2.24) is 25.3 Å². The number of hydrogen-bond acceptors (Lipinski definition) is 10. The average Bonchev–Trinajstić information content (AvgIpc) is 3.60. The Bertz CT molecular complexity index is 1750. The first-order chi connectivity index (χ1) is 27.6. The molecule has 2 fully saturated rings. The summed E-state index contributed by atoms with van der Waals surface area (Å²) in [7, 11) is 0. The Hall–Kier alpha value is -5.15. The Balaban J connectivity index is 1.61. The van der Waals surface area contributed by atoms with Crippen molar-refractivity contribution < 1.29 is 47.9 Å². The molecule has 0 aromatic heterocycles. The van der Waals surface area contributed by atoms with Crippen LogP contribution >= 0.6 is 0 Å². The van der Waals surface area contributed by atoms with Gasteiger partial charge in [-0.15, -0.1) is 0 Å². The SMILES string of the molecule is CC(C)[C@H](NC(=O)CCC(=O)N(CCN1C(=O)CC(C(C)(C)C)C1=O)CCN1C(=O)CC(C(C)(C)C)C1=O)C(=O)N[C@@H](C)C(=O)Nc1ccc(COC(=O)C(C)(C)C)cc1. The molecular formula is C44H66N6O10. The van der Waals surface area contributed by atoms with E-state index in [0.717, 1.165) is 15.4 Å². The monoisotopic (exact) mass is 838 g/mol. The first-order valence-electron chi connectivity index (χ1n) is 20.7. The first-order valence-corrected chi connectivity index (χ1v) is 20.7. The van der Waals surface area contributed by atoms with Gasteiger partial charge in [0, 0.05) is 57.5 Å². The van der Waals surface area contributed by atoms with E-state index in [4.69, 9.17) is 4.74 Å². The van der Waals surface area contributed by atoms with Gasteiger partial charge in [-0.25, -0.2) is 0 Å². The summed E-state index contributed by atoms with van der Waals surface area (Å²) in [6.07, 6.45) is -0.493. The third-order valence-electron chi connectivity index (χ3n) is 10.9. The zero-order valence-corrected chi connectivity index (χ0v) is 37.5. The summed E-state index contributed by atoms with van der Waals surface area (Å²) < 4.78 is 5.33. The summed E-state index contributed by atoms with van der Waals surface area (Å²) in [5, 5.41) is 8.03. The van der Waals surface area contributed by atoms with Crippen LogP contribution in [0.3, 0.4) is 0 Å². The topological polar surface area (TPSA) is 209 Å². The van der Waals surface area contributed by atoms with Crippen LogP contribution in [0.4, 0.5) is 5.69 Å². The van der Waals surface area contributed by atoms with E-state index in [9.17, 15) is 43.2 Å². The second kappa shape index (κ2) is 19.9. The van der Waals surface area contributed by atoms with Gasteiger partial charge >= 0.3 is 5.97 Å².